The minimum absolute atomic E-state index is 0.418. The molecule has 0 amide bonds. The number of hydrogen-bond acceptors (Lipinski definition) is 6. The molecular formula is C4H10Cl8N6P6. The Bertz CT molecular complexity index is 805. The average molecular weight is 612 g/mol. The van der Waals surface area contributed by atoms with Crippen molar-refractivity contribution in [1.29, 1.82) is 0 Å². The van der Waals surface area contributed by atoms with Crippen molar-refractivity contribution in [2.45, 2.75) is 13.8 Å². The van der Waals surface area contributed by atoms with Gasteiger partial charge in [0.05, 0.1) is 0 Å². The molecule has 2 unspecified atom stereocenters. The van der Waals surface area contributed by atoms with E-state index in [0.29, 0.717) is 12.3 Å². The van der Waals surface area contributed by atoms with Gasteiger partial charge in [0.25, 0.3) is 23.6 Å². The van der Waals surface area contributed by atoms with Crippen LogP contribution in [0.4, 0.5) is 0 Å². The van der Waals surface area contributed by atoms with E-state index in [2.05, 4.69) is 27.1 Å². The number of halogens is 8. The smallest absolute Gasteiger partial charge is 0.206 e. The molecule has 2 aliphatic rings. The fourth-order valence-corrected chi connectivity index (χ4v) is 49.9. The molecule has 24 heavy (non-hydrogen) atoms. The van der Waals surface area contributed by atoms with Crippen LogP contribution in [0.3, 0.4) is 0 Å². The van der Waals surface area contributed by atoms with Gasteiger partial charge in [-0.1, -0.05) is 13.8 Å². The molecule has 0 saturated heterocycles. The van der Waals surface area contributed by atoms with E-state index in [1.165, 1.54) is 0 Å². The van der Waals surface area contributed by atoms with Crippen LogP contribution in [-0.4, -0.2) is 12.3 Å². The first-order valence-corrected chi connectivity index (χ1v) is 24.5. The van der Waals surface area contributed by atoms with Crippen molar-refractivity contribution in [2.24, 2.45) is 27.1 Å². The normalized spacial score (nSPS) is 38.2. The summed E-state index contributed by atoms with van der Waals surface area (Å²) in [4.78, 5) is 0. The molecule has 0 saturated carbocycles. The zero-order chi connectivity index (χ0) is 18.7. The van der Waals surface area contributed by atoms with Crippen molar-refractivity contribution in [2.75, 3.05) is 12.3 Å². The highest BCUT2D eigenvalue weighted by atomic mass is 35.9. The molecular weight excluding hydrogens is 602 g/mol. The first-order chi connectivity index (χ1) is 10.6. The number of rotatable bonds is 3. The summed E-state index contributed by atoms with van der Waals surface area (Å²) in [5, 5.41) is 0. The minimum atomic E-state index is -3.14. The van der Waals surface area contributed by atoms with Crippen LogP contribution in [0.1, 0.15) is 13.8 Å². The summed E-state index contributed by atoms with van der Waals surface area (Å²) in [6.07, 6.45) is 0.835. The summed E-state index contributed by atoms with van der Waals surface area (Å²) in [6.45, 7) is -1.93. The topological polar surface area (TPSA) is 74.2 Å². The van der Waals surface area contributed by atoms with E-state index in [1.54, 1.807) is 0 Å². The molecule has 6 nitrogen and oxygen atoms in total. The monoisotopic (exact) mass is 608 g/mol. The third-order valence-electron chi connectivity index (χ3n) is 2.80. The van der Waals surface area contributed by atoms with E-state index in [4.69, 9.17) is 89.9 Å². The summed E-state index contributed by atoms with van der Waals surface area (Å²) in [5.41, 5.74) is 0. The van der Waals surface area contributed by atoms with Crippen molar-refractivity contribution < 1.29 is 0 Å². The molecule has 2 rings (SSSR count). The Kier molecular flexibility index (Phi) is 7.74. The quantitative estimate of drug-likeness (QED) is 0.285. The van der Waals surface area contributed by atoms with Gasteiger partial charge < -0.3 is 0 Å². The SMILES string of the molecule is CCP1(P2(CC)=NP(Cl)(Cl)=NP(Cl)(Cl)=N2)=NP(Cl)(Cl)=NP(Cl)(Cl)=N1. The van der Waals surface area contributed by atoms with Crippen molar-refractivity contribution >= 4 is 127 Å². The Morgan fingerprint density at radius 1 is 0.458 bits per heavy atom. The van der Waals surface area contributed by atoms with Crippen LogP contribution in [0.15, 0.2) is 27.1 Å². The summed E-state index contributed by atoms with van der Waals surface area (Å²) in [5.74, 6) is -12.5. The lowest BCUT2D eigenvalue weighted by molar-refractivity contribution is 1.44. The highest BCUT2D eigenvalue weighted by Crippen LogP contribution is 3.02. The molecule has 0 aromatic heterocycles. The largest absolute Gasteiger partial charge is 0.256 e. The maximum absolute atomic E-state index is 6.27. The molecule has 142 valence electrons. The lowest BCUT2D eigenvalue weighted by Gasteiger charge is -2.36. The van der Waals surface area contributed by atoms with Crippen LogP contribution < -0.4 is 0 Å². The van der Waals surface area contributed by atoms with Crippen LogP contribution >= 0.6 is 127 Å². The third-order valence-corrected chi connectivity index (χ3v) is 34.4. The molecule has 0 aromatic rings. The molecule has 2 heterocycles. The van der Waals surface area contributed by atoms with Crippen molar-refractivity contribution in [3.8, 4) is 0 Å². The predicted molar refractivity (Wildman–Crippen MR) is 124 cm³/mol. The van der Waals surface area contributed by atoms with E-state index in [-0.39, 0.29) is 0 Å². The molecule has 0 aromatic carbocycles. The van der Waals surface area contributed by atoms with E-state index >= 15 is 0 Å². The van der Waals surface area contributed by atoms with Gasteiger partial charge in [-0.2, -0.15) is 9.03 Å². The second-order valence-corrected chi connectivity index (χ2v) is 33.6. The van der Waals surface area contributed by atoms with Crippen molar-refractivity contribution in [1.82, 2.24) is 0 Å². The molecule has 0 spiro atoms. The summed E-state index contributed by atoms with van der Waals surface area (Å²) in [7, 11) is 0. The predicted octanol–water partition coefficient (Wildman–Crippen LogP) is 12.9. The highest BCUT2D eigenvalue weighted by molar-refractivity contribution is 8.44. The third kappa shape index (κ3) is 5.24. The summed E-state index contributed by atoms with van der Waals surface area (Å²) >= 11 is 50.1. The Labute approximate surface area is 179 Å². The zero-order valence-corrected chi connectivity index (χ0v) is 23.2. The molecule has 20 heteroatoms. The Hall–Kier alpha value is 3.70. The Balaban J connectivity index is 3.06. The number of nitrogens with zero attached hydrogens (tertiary/aromatic N) is 6. The van der Waals surface area contributed by atoms with Crippen LogP contribution in [-0.2, 0) is 0 Å². The molecule has 0 N–H and O–H groups in total. The van der Waals surface area contributed by atoms with Crippen LogP contribution in [0.2, 0.25) is 0 Å². The highest BCUT2D eigenvalue weighted by Gasteiger charge is 2.46. The second kappa shape index (κ2) is 7.75. The second-order valence-electron chi connectivity index (χ2n) is 4.38. The summed E-state index contributed by atoms with van der Waals surface area (Å²) in [6, 6.07) is 0. The van der Waals surface area contributed by atoms with Gasteiger partial charge in [-0.15, -0.1) is 0 Å². The molecule has 0 fully saturated rings. The van der Waals surface area contributed by atoms with Gasteiger partial charge >= 0.3 is 0 Å². The Morgan fingerprint density at radius 3 is 0.917 bits per heavy atom. The molecule has 0 aliphatic carbocycles. The van der Waals surface area contributed by atoms with E-state index in [9.17, 15) is 0 Å². The van der Waals surface area contributed by atoms with Gasteiger partial charge in [-0.3, -0.25) is 0 Å². The molecule has 2 aliphatic heterocycles. The van der Waals surface area contributed by atoms with Crippen LogP contribution in [0.25, 0.3) is 0 Å². The van der Waals surface area contributed by atoms with E-state index in [1.807, 2.05) is 13.8 Å². The van der Waals surface area contributed by atoms with E-state index in [0.717, 1.165) is 0 Å². The number of hydrogen-bond donors (Lipinski definition) is 0. The fourth-order valence-electron chi connectivity index (χ4n) is 2.02. The molecule has 2 atom stereocenters. The van der Waals surface area contributed by atoms with E-state index < -0.39 is 37.4 Å². The summed E-state index contributed by atoms with van der Waals surface area (Å²) < 4.78 is 26.2. The van der Waals surface area contributed by atoms with Gasteiger partial charge in [-0.25, -0.2) is 18.1 Å². The lowest BCUT2D eigenvalue weighted by atomic mass is 11.0. The van der Waals surface area contributed by atoms with Gasteiger partial charge in [-0.05, 0) is 89.9 Å². The minimum Gasteiger partial charge on any atom is -0.206 e. The van der Waals surface area contributed by atoms with Crippen LogP contribution in [0.5, 0.6) is 0 Å². The maximum Gasteiger partial charge on any atom is 0.256 e. The lowest BCUT2D eigenvalue weighted by Crippen LogP contribution is -1.91. The van der Waals surface area contributed by atoms with Gasteiger partial charge in [0.2, 0.25) is 0 Å². The Morgan fingerprint density at radius 2 is 0.708 bits per heavy atom. The molecule has 0 radical (unpaired) electrons. The molecule has 0 bridgehead atoms. The van der Waals surface area contributed by atoms with Crippen LogP contribution in [0, 0.1) is 0 Å². The van der Waals surface area contributed by atoms with Crippen molar-refractivity contribution in [3.63, 3.8) is 0 Å². The van der Waals surface area contributed by atoms with Gasteiger partial charge in [0.15, 0.2) is 0 Å². The average Bonchev–Trinajstić information content (AvgIpc) is 2.30. The standard InChI is InChI=1S/C4H10Cl8N6P6/c1-3-19(13-21(5,6)17-22(7,8)14-19)20(4-2)15-23(9,10)18-24(11,12)16-20/h3-4H2,1-2H3. The first kappa shape index (κ1) is 24.0. The van der Waals surface area contributed by atoms with Crippen molar-refractivity contribution in [3.05, 3.63) is 0 Å². The first-order valence-electron chi connectivity index (χ1n) is 6.00. The van der Waals surface area contributed by atoms with Gasteiger partial charge in [0.1, 0.15) is 13.8 Å². The zero-order valence-electron chi connectivity index (χ0n) is 11.8. The van der Waals surface area contributed by atoms with Gasteiger partial charge in [0, 0.05) is 12.3 Å². The fraction of sp³-hybridized carbons (Fsp3) is 1.00. The maximum atomic E-state index is 6.27.